The summed E-state index contributed by atoms with van der Waals surface area (Å²) in [7, 11) is 1.65. The maximum Gasteiger partial charge on any atom is 0.323 e. The highest BCUT2D eigenvalue weighted by Crippen LogP contribution is 2.26. The standard InChI is InChI=1S/C28H34ClN5O3.C3H7N.C2H6/c1-19(26(35)37-28(2,3)4)31-15-14-21-10-8-20(9-11-21)12-13-22-18-34(16-6-7-17-36-5)25-23(22)24(29)32-27(30)33-25;1-2-3-4;1-2/h6-11,18-19,31H,14-17H2,1-5H3,(H2,30,32,33);3-4H,2H2,1H3;1-2H3/b7-6+;;. The zero-order valence-electron chi connectivity index (χ0n) is 26.8. The van der Waals surface area contributed by atoms with Gasteiger partial charge in [0, 0.05) is 25.4 Å². The number of allylic oxidation sites excluding steroid dienone is 1. The molecule has 0 saturated heterocycles. The zero-order chi connectivity index (χ0) is 32.4. The zero-order valence-corrected chi connectivity index (χ0v) is 27.5. The van der Waals surface area contributed by atoms with E-state index in [1.165, 1.54) is 6.21 Å². The first-order valence-electron chi connectivity index (χ1n) is 14.5. The van der Waals surface area contributed by atoms with Gasteiger partial charge in [-0.25, -0.2) is 4.98 Å². The van der Waals surface area contributed by atoms with Crippen molar-refractivity contribution in [3.8, 4) is 11.8 Å². The molecule has 0 amide bonds. The molecule has 0 fully saturated rings. The number of benzene rings is 1. The Labute approximate surface area is 261 Å². The fourth-order valence-corrected chi connectivity index (χ4v) is 3.82. The fraction of sp³-hybridized carbons (Fsp3) is 0.455. The number of carbonyl (C=O) groups excluding carboxylic acids is 1. The van der Waals surface area contributed by atoms with Crippen LogP contribution in [0.4, 0.5) is 5.95 Å². The van der Waals surface area contributed by atoms with E-state index < -0.39 is 5.60 Å². The van der Waals surface area contributed by atoms with Crippen molar-refractivity contribution in [1.82, 2.24) is 19.9 Å². The number of fused-ring (bicyclic) bond motifs is 1. The summed E-state index contributed by atoms with van der Waals surface area (Å²) in [5, 5.41) is 10.5. The smallest absolute Gasteiger partial charge is 0.323 e. The number of hydrogen-bond donors (Lipinski definition) is 3. The van der Waals surface area contributed by atoms with Gasteiger partial charge in [0.2, 0.25) is 5.95 Å². The third-order valence-corrected chi connectivity index (χ3v) is 5.82. The number of nitrogens with zero attached hydrogens (tertiary/aromatic N) is 3. The second kappa shape index (κ2) is 19.5. The van der Waals surface area contributed by atoms with E-state index in [9.17, 15) is 4.79 Å². The van der Waals surface area contributed by atoms with Crippen molar-refractivity contribution in [2.45, 2.75) is 79.5 Å². The van der Waals surface area contributed by atoms with Crippen molar-refractivity contribution >= 4 is 40.8 Å². The summed E-state index contributed by atoms with van der Waals surface area (Å²) in [4.78, 5) is 20.6. The van der Waals surface area contributed by atoms with Gasteiger partial charge in [0.05, 0.1) is 17.6 Å². The van der Waals surface area contributed by atoms with Gasteiger partial charge in [-0.3, -0.25) is 4.79 Å². The van der Waals surface area contributed by atoms with Gasteiger partial charge >= 0.3 is 5.97 Å². The predicted octanol–water partition coefficient (Wildman–Crippen LogP) is 6.20. The van der Waals surface area contributed by atoms with Crippen LogP contribution in [0.2, 0.25) is 5.15 Å². The molecule has 0 bridgehead atoms. The predicted molar refractivity (Wildman–Crippen MR) is 178 cm³/mol. The van der Waals surface area contributed by atoms with Gasteiger partial charge in [-0.2, -0.15) is 4.98 Å². The van der Waals surface area contributed by atoms with Gasteiger partial charge in [0.1, 0.15) is 22.4 Å². The number of methoxy groups -OCH3 is 1. The molecule has 0 saturated carbocycles. The summed E-state index contributed by atoms with van der Waals surface area (Å²) >= 11 is 6.40. The number of carbonyl (C=O) groups is 1. The Morgan fingerprint density at radius 1 is 1.19 bits per heavy atom. The van der Waals surface area contributed by atoms with Crippen LogP contribution in [0.3, 0.4) is 0 Å². The summed E-state index contributed by atoms with van der Waals surface area (Å²) in [6.45, 7) is 15.1. The van der Waals surface area contributed by atoms with Gasteiger partial charge in [0.25, 0.3) is 0 Å². The SMILES string of the molecule is CC.CCC=N.COC/C=C/Cn1cc(C#Cc2ccc(CCNC(C)C(=O)OC(C)(C)C)cc2)c2c(Cl)nc(N)nc21. The summed E-state index contributed by atoms with van der Waals surface area (Å²) in [5.74, 6) is 6.27. The molecule has 4 N–H and O–H groups in total. The minimum absolute atomic E-state index is 0.114. The summed E-state index contributed by atoms with van der Waals surface area (Å²) in [6.07, 6.45) is 8.83. The number of halogens is 1. The van der Waals surface area contributed by atoms with Crippen molar-refractivity contribution in [2.75, 3.05) is 26.0 Å². The highest BCUT2D eigenvalue weighted by Gasteiger charge is 2.21. The lowest BCUT2D eigenvalue weighted by atomic mass is 10.1. The monoisotopic (exact) mass is 610 g/mol. The molecule has 43 heavy (non-hydrogen) atoms. The number of anilines is 1. The minimum Gasteiger partial charge on any atom is -0.459 e. The van der Waals surface area contributed by atoms with Crippen LogP contribution < -0.4 is 11.1 Å². The van der Waals surface area contributed by atoms with Crippen molar-refractivity contribution in [1.29, 1.82) is 5.41 Å². The number of nitrogens with one attached hydrogen (secondary N) is 2. The lowest BCUT2D eigenvalue weighted by Gasteiger charge is -2.22. The molecule has 2 heterocycles. The van der Waals surface area contributed by atoms with Crippen LogP contribution in [-0.4, -0.2) is 58.6 Å². The molecular weight excluding hydrogens is 564 g/mol. The van der Waals surface area contributed by atoms with Gasteiger partial charge in [-0.05, 0) is 71.0 Å². The Balaban J connectivity index is 0.00000142. The molecule has 2 aromatic heterocycles. The van der Waals surface area contributed by atoms with E-state index in [1.54, 1.807) is 7.11 Å². The van der Waals surface area contributed by atoms with Crippen LogP contribution >= 0.6 is 11.6 Å². The maximum absolute atomic E-state index is 12.1. The normalized spacial score (nSPS) is 11.5. The molecule has 1 unspecified atom stereocenters. The van der Waals surface area contributed by atoms with Gasteiger partial charge in [0.15, 0.2) is 0 Å². The molecule has 0 aliphatic rings. The van der Waals surface area contributed by atoms with E-state index in [0.29, 0.717) is 30.7 Å². The third kappa shape index (κ3) is 13.4. The largest absolute Gasteiger partial charge is 0.459 e. The van der Waals surface area contributed by atoms with Gasteiger partial charge < -0.3 is 30.5 Å². The molecule has 10 heteroatoms. The lowest BCUT2D eigenvalue weighted by Crippen LogP contribution is -2.40. The van der Waals surface area contributed by atoms with Crippen molar-refractivity contribution < 1.29 is 14.3 Å². The molecule has 0 aliphatic heterocycles. The van der Waals surface area contributed by atoms with Crippen molar-refractivity contribution in [3.05, 3.63) is 64.5 Å². The Kier molecular flexibility index (Phi) is 16.9. The maximum atomic E-state index is 12.1. The number of nitrogens with two attached hydrogens (primary N) is 1. The minimum atomic E-state index is -0.494. The van der Waals surface area contributed by atoms with E-state index in [1.807, 2.05) is 95.6 Å². The molecule has 0 spiro atoms. The Morgan fingerprint density at radius 3 is 2.42 bits per heavy atom. The molecular formula is C33H47ClN6O3. The number of aromatic nitrogens is 3. The Hall–Kier alpha value is -3.71. The van der Waals surface area contributed by atoms with E-state index in [-0.39, 0.29) is 23.1 Å². The number of esters is 1. The topological polar surface area (TPSA) is 128 Å². The summed E-state index contributed by atoms with van der Waals surface area (Å²) < 4.78 is 12.4. The van der Waals surface area contributed by atoms with Crippen LogP contribution in [-0.2, 0) is 27.2 Å². The first kappa shape index (κ1) is 37.3. The van der Waals surface area contributed by atoms with Gasteiger partial charge in [-0.15, -0.1) is 0 Å². The average molecular weight is 611 g/mol. The second-order valence-electron chi connectivity index (χ2n) is 10.2. The third-order valence-electron chi connectivity index (χ3n) is 5.55. The Morgan fingerprint density at radius 2 is 1.84 bits per heavy atom. The first-order chi connectivity index (χ1) is 20.5. The van der Waals surface area contributed by atoms with Crippen LogP contribution in [0.15, 0.2) is 42.6 Å². The quantitative estimate of drug-likeness (QED) is 0.0819. The second-order valence-corrected chi connectivity index (χ2v) is 10.6. The molecule has 0 aliphatic carbocycles. The van der Waals surface area contributed by atoms with Crippen LogP contribution in [0.1, 0.15) is 71.6 Å². The molecule has 3 rings (SSSR count). The number of rotatable bonds is 10. The molecule has 3 aromatic rings. The summed E-state index contributed by atoms with van der Waals surface area (Å²) in [5.41, 5.74) is 8.70. The highest BCUT2D eigenvalue weighted by molar-refractivity contribution is 6.34. The number of nitrogen functional groups attached to an aromatic ring is 1. The van der Waals surface area contributed by atoms with E-state index in [0.717, 1.165) is 29.5 Å². The molecule has 9 nitrogen and oxygen atoms in total. The van der Waals surface area contributed by atoms with Gasteiger partial charge in [-0.1, -0.05) is 68.5 Å². The molecule has 1 atom stereocenters. The Bertz CT molecular complexity index is 1380. The molecule has 234 valence electrons. The van der Waals surface area contributed by atoms with E-state index in [2.05, 4.69) is 27.1 Å². The van der Waals surface area contributed by atoms with Crippen LogP contribution in [0.25, 0.3) is 11.0 Å². The van der Waals surface area contributed by atoms with Crippen LogP contribution in [0.5, 0.6) is 0 Å². The first-order valence-corrected chi connectivity index (χ1v) is 14.9. The number of hydrogen-bond acceptors (Lipinski definition) is 8. The van der Waals surface area contributed by atoms with Crippen molar-refractivity contribution in [3.63, 3.8) is 0 Å². The summed E-state index contributed by atoms with van der Waals surface area (Å²) in [6, 6.07) is 7.65. The number of ether oxygens (including phenoxy) is 2. The lowest BCUT2D eigenvalue weighted by molar-refractivity contribution is -0.156. The van der Waals surface area contributed by atoms with E-state index >= 15 is 0 Å². The fourth-order valence-electron chi connectivity index (χ4n) is 3.55. The molecule has 0 radical (unpaired) electrons. The highest BCUT2D eigenvalue weighted by atomic mass is 35.5. The van der Waals surface area contributed by atoms with Crippen molar-refractivity contribution in [2.24, 2.45) is 0 Å². The van der Waals surface area contributed by atoms with E-state index in [4.69, 9.17) is 32.2 Å². The average Bonchev–Trinajstić information content (AvgIpc) is 3.32. The molecule has 1 aromatic carbocycles. The van der Waals surface area contributed by atoms with Crippen LogP contribution in [0, 0.1) is 17.3 Å².